The highest BCUT2D eigenvalue weighted by atomic mass is 16.6. The van der Waals surface area contributed by atoms with Crippen molar-refractivity contribution in [1.82, 2.24) is 0 Å². The second-order valence-electron chi connectivity index (χ2n) is 4.77. The minimum atomic E-state index is -0.369. The van der Waals surface area contributed by atoms with Crippen LogP contribution in [-0.4, -0.2) is 12.2 Å². The first kappa shape index (κ1) is 12.7. The van der Waals surface area contributed by atoms with Gasteiger partial charge in [-0.25, -0.2) is 4.79 Å². The van der Waals surface area contributed by atoms with Crippen LogP contribution in [0.3, 0.4) is 0 Å². The van der Waals surface area contributed by atoms with Gasteiger partial charge in [-0.2, -0.15) is 0 Å². The normalized spacial score (nSPS) is 16.9. The number of hydrogen-bond acceptors (Lipinski definition) is 3. The maximum Gasteiger partial charge on any atom is 0.411 e. The molecule has 0 saturated heterocycles. The molecule has 1 saturated carbocycles. The zero-order chi connectivity index (χ0) is 12.8. The Morgan fingerprint density at radius 3 is 2.33 bits per heavy atom. The Kier molecular flexibility index (Phi) is 4.45. The van der Waals surface area contributed by atoms with Crippen molar-refractivity contribution in [1.29, 1.82) is 0 Å². The first-order valence-corrected chi connectivity index (χ1v) is 6.57. The highest BCUT2D eigenvalue weighted by molar-refractivity contribution is 5.84. The van der Waals surface area contributed by atoms with E-state index in [1.807, 2.05) is 0 Å². The largest absolute Gasteiger partial charge is 0.446 e. The number of carbonyl (C=O) groups excluding carboxylic acids is 1. The highest BCUT2D eigenvalue weighted by Crippen LogP contribution is 2.20. The predicted molar refractivity (Wildman–Crippen MR) is 72.4 cm³/mol. The van der Waals surface area contributed by atoms with E-state index in [0.717, 1.165) is 25.7 Å². The molecule has 1 fully saturated rings. The average molecular weight is 248 g/mol. The van der Waals surface area contributed by atoms with Crippen LogP contribution in [0.4, 0.5) is 16.2 Å². The lowest BCUT2D eigenvalue weighted by Crippen LogP contribution is -2.22. The van der Waals surface area contributed by atoms with Crippen molar-refractivity contribution >= 4 is 17.5 Å². The molecule has 3 N–H and O–H groups in total. The van der Waals surface area contributed by atoms with Crippen LogP contribution in [0.15, 0.2) is 24.3 Å². The summed E-state index contributed by atoms with van der Waals surface area (Å²) in [6.07, 6.45) is 6.47. The molecule has 1 aromatic carbocycles. The molecule has 1 amide bonds. The smallest absolute Gasteiger partial charge is 0.411 e. The van der Waals surface area contributed by atoms with E-state index in [4.69, 9.17) is 10.5 Å². The fourth-order valence-electron chi connectivity index (χ4n) is 2.22. The van der Waals surface area contributed by atoms with Gasteiger partial charge in [0, 0.05) is 11.4 Å². The van der Waals surface area contributed by atoms with Gasteiger partial charge in [0.05, 0.1) is 0 Å². The van der Waals surface area contributed by atoms with Gasteiger partial charge in [-0.3, -0.25) is 5.32 Å². The van der Waals surface area contributed by atoms with E-state index in [9.17, 15) is 4.79 Å². The quantitative estimate of drug-likeness (QED) is 0.621. The summed E-state index contributed by atoms with van der Waals surface area (Å²) in [4.78, 5) is 11.7. The topological polar surface area (TPSA) is 64.3 Å². The summed E-state index contributed by atoms with van der Waals surface area (Å²) >= 11 is 0. The second kappa shape index (κ2) is 6.28. The summed E-state index contributed by atoms with van der Waals surface area (Å²) in [6, 6.07) is 7.04. The Morgan fingerprint density at radius 2 is 1.72 bits per heavy atom. The van der Waals surface area contributed by atoms with Gasteiger partial charge in [-0.15, -0.1) is 0 Å². The summed E-state index contributed by atoms with van der Waals surface area (Å²) in [5, 5.41) is 2.72. The summed E-state index contributed by atoms with van der Waals surface area (Å²) in [5.41, 5.74) is 6.97. The third kappa shape index (κ3) is 3.95. The van der Waals surface area contributed by atoms with Crippen molar-refractivity contribution in [3.8, 4) is 0 Å². The maximum absolute atomic E-state index is 11.7. The van der Waals surface area contributed by atoms with Crippen LogP contribution in [0.2, 0.25) is 0 Å². The van der Waals surface area contributed by atoms with Crippen LogP contribution in [0.1, 0.15) is 38.5 Å². The lowest BCUT2D eigenvalue weighted by Gasteiger charge is -2.15. The zero-order valence-electron chi connectivity index (χ0n) is 10.5. The van der Waals surface area contributed by atoms with Crippen molar-refractivity contribution in [2.45, 2.75) is 44.6 Å². The summed E-state index contributed by atoms with van der Waals surface area (Å²) in [6.45, 7) is 0. The number of carbonyl (C=O) groups is 1. The van der Waals surface area contributed by atoms with E-state index in [0.29, 0.717) is 11.4 Å². The molecule has 18 heavy (non-hydrogen) atoms. The lowest BCUT2D eigenvalue weighted by molar-refractivity contribution is 0.101. The third-order valence-corrected chi connectivity index (χ3v) is 3.23. The third-order valence-electron chi connectivity index (χ3n) is 3.23. The molecule has 0 radical (unpaired) electrons. The van der Waals surface area contributed by atoms with Crippen molar-refractivity contribution in [3.05, 3.63) is 24.3 Å². The number of hydrogen-bond donors (Lipinski definition) is 2. The Morgan fingerprint density at radius 1 is 1.11 bits per heavy atom. The minimum Gasteiger partial charge on any atom is -0.446 e. The van der Waals surface area contributed by atoms with Gasteiger partial charge in [-0.1, -0.05) is 12.8 Å². The molecule has 1 aromatic rings. The molecule has 0 atom stereocenters. The van der Waals surface area contributed by atoms with Crippen LogP contribution in [0.25, 0.3) is 0 Å². The van der Waals surface area contributed by atoms with Crippen molar-refractivity contribution in [3.63, 3.8) is 0 Å². The van der Waals surface area contributed by atoms with Crippen LogP contribution >= 0.6 is 0 Å². The average Bonchev–Trinajstić information content (AvgIpc) is 2.61. The second-order valence-corrected chi connectivity index (χ2v) is 4.77. The number of ether oxygens (including phenoxy) is 1. The van der Waals surface area contributed by atoms with Crippen molar-refractivity contribution in [2.75, 3.05) is 11.1 Å². The van der Waals surface area contributed by atoms with Gasteiger partial charge in [0.1, 0.15) is 6.10 Å². The molecule has 1 aliphatic rings. The van der Waals surface area contributed by atoms with Gasteiger partial charge in [-0.05, 0) is 49.9 Å². The maximum atomic E-state index is 11.7. The number of rotatable bonds is 2. The number of benzene rings is 1. The molecule has 0 spiro atoms. The monoisotopic (exact) mass is 248 g/mol. The Labute approximate surface area is 108 Å². The standard InChI is InChI=1S/C14H20N2O2/c15-11-7-9-12(10-8-11)16-14(17)18-13-5-3-1-2-4-6-13/h7-10,13H,1-6,15H2,(H,16,17). The van der Waals surface area contributed by atoms with Gasteiger partial charge in [0.25, 0.3) is 0 Å². The molecule has 0 heterocycles. The summed E-state index contributed by atoms with van der Waals surface area (Å²) in [5.74, 6) is 0. The molecular weight excluding hydrogens is 228 g/mol. The number of anilines is 2. The number of amides is 1. The first-order valence-electron chi connectivity index (χ1n) is 6.57. The molecule has 0 aromatic heterocycles. The van der Waals surface area contributed by atoms with E-state index in [1.54, 1.807) is 24.3 Å². The molecule has 0 unspecified atom stereocenters. The predicted octanol–water partition coefficient (Wildman–Crippen LogP) is 3.54. The fourth-order valence-corrected chi connectivity index (χ4v) is 2.22. The Bertz CT molecular complexity index is 381. The van der Waals surface area contributed by atoms with Crippen LogP contribution < -0.4 is 11.1 Å². The van der Waals surface area contributed by atoms with E-state index >= 15 is 0 Å². The fraction of sp³-hybridized carbons (Fsp3) is 0.500. The minimum absolute atomic E-state index is 0.0706. The molecule has 98 valence electrons. The van der Waals surface area contributed by atoms with E-state index in [-0.39, 0.29) is 12.2 Å². The van der Waals surface area contributed by atoms with Gasteiger partial charge in [0.2, 0.25) is 0 Å². The van der Waals surface area contributed by atoms with Gasteiger partial charge >= 0.3 is 6.09 Å². The molecule has 0 aliphatic heterocycles. The number of nitrogen functional groups attached to an aromatic ring is 1. The van der Waals surface area contributed by atoms with Crippen LogP contribution in [-0.2, 0) is 4.74 Å². The molecular formula is C14H20N2O2. The van der Waals surface area contributed by atoms with E-state index < -0.39 is 0 Å². The van der Waals surface area contributed by atoms with E-state index in [2.05, 4.69) is 5.32 Å². The summed E-state index contributed by atoms with van der Waals surface area (Å²) < 4.78 is 5.42. The van der Waals surface area contributed by atoms with Gasteiger partial charge < -0.3 is 10.5 Å². The Hall–Kier alpha value is -1.71. The number of nitrogens with two attached hydrogens (primary N) is 1. The zero-order valence-corrected chi connectivity index (χ0v) is 10.5. The van der Waals surface area contributed by atoms with Crippen LogP contribution in [0, 0.1) is 0 Å². The highest BCUT2D eigenvalue weighted by Gasteiger charge is 2.16. The Balaban J connectivity index is 1.82. The molecule has 2 rings (SSSR count). The number of nitrogens with one attached hydrogen (secondary N) is 1. The molecule has 0 bridgehead atoms. The first-order chi connectivity index (χ1) is 8.74. The van der Waals surface area contributed by atoms with Crippen molar-refractivity contribution in [2.24, 2.45) is 0 Å². The van der Waals surface area contributed by atoms with E-state index in [1.165, 1.54) is 12.8 Å². The lowest BCUT2D eigenvalue weighted by atomic mass is 10.2. The van der Waals surface area contributed by atoms with Crippen LogP contribution in [0.5, 0.6) is 0 Å². The van der Waals surface area contributed by atoms with Crippen molar-refractivity contribution < 1.29 is 9.53 Å². The molecule has 4 nitrogen and oxygen atoms in total. The SMILES string of the molecule is Nc1ccc(NC(=O)OC2CCCCCC2)cc1. The molecule has 1 aliphatic carbocycles. The molecule has 4 heteroatoms. The van der Waals surface area contributed by atoms with Gasteiger partial charge in [0.15, 0.2) is 0 Å². The summed E-state index contributed by atoms with van der Waals surface area (Å²) in [7, 11) is 0.